The molecule has 0 aliphatic carbocycles. The number of fused-ring (bicyclic) bond motifs is 1. The smallest absolute Gasteiger partial charge is 0.408 e. The van der Waals surface area contributed by atoms with Crippen molar-refractivity contribution in [1.82, 2.24) is 9.88 Å². The Labute approximate surface area is 162 Å². The standard InChI is InChI=1S/C19H16N2O4S2/c22-17(10-21-14-4-1-2-5-15(14)25-18(21)23)20-12-19(24,13-7-9-26-11-13)16-6-3-8-27-16/h1-9,11,24H,10,12H2,(H,20,22)/t19-/m0/s1. The molecule has 4 rings (SSSR count). The second kappa shape index (κ2) is 7.15. The van der Waals surface area contributed by atoms with Crippen LogP contribution in [0.4, 0.5) is 0 Å². The number of carbonyl (C=O) groups is 1. The highest BCUT2D eigenvalue weighted by atomic mass is 32.1. The van der Waals surface area contributed by atoms with E-state index in [1.54, 1.807) is 24.3 Å². The molecule has 0 aliphatic heterocycles. The van der Waals surface area contributed by atoms with Crippen molar-refractivity contribution in [2.45, 2.75) is 12.1 Å². The summed E-state index contributed by atoms with van der Waals surface area (Å²) < 4.78 is 6.42. The van der Waals surface area contributed by atoms with E-state index in [9.17, 15) is 14.7 Å². The summed E-state index contributed by atoms with van der Waals surface area (Å²) in [7, 11) is 0. The van der Waals surface area contributed by atoms with Crippen molar-refractivity contribution in [2.75, 3.05) is 6.54 Å². The third-order valence-electron chi connectivity index (χ3n) is 4.34. The van der Waals surface area contributed by atoms with Crippen LogP contribution in [0.5, 0.6) is 0 Å². The fourth-order valence-electron chi connectivity index (χ4n) is 2.93. The van der Waals surface area contributed by atoms with Gasteiger partial charge in [0.05, 0.1) is 12.1 Å². The summed E-state index contributed by atoms with van der Waals surface area (Å²) in [5.41, 5.74) is 0.404. The largest absolute Gasteiger partial charge is 0.420 e. The normalized spacial score (nSPS) is 13.5. The first-order valence-corrected chi connectivity index (χ1v) is 10.0. The van der Waals surface area contributed by atoms with Crippen LogP contribution in [0, 0.1) is 0 Å². The number of nitrogens with one attached hydrogen (secondary N) is 1. The average molecular weight is 400 g/mol. The molecule has 3 heterocycles. The number of hydrogen-bond donors (Lipinski definition) is 2. The molecule has 2 N–H and O–H groups in total. The first-order valence-electron chi connectivity index (χ1n) is 8.22. The highest BCUT2D eigenvalue weighted by Gasteiger charge is 2.33. The molecule has 0 fully saturated rings. The lowest BCUT2D eigenvalue weighted by Gasteiger charge is -2.27. The number of benzene rings is 1. The van der Waals surface area contributed by atoms with Gasteiger partial charge in [-0.3, -0.25) is 9.36 Å². The van der Waals surface area contributed by atoms with Crippen molar-refractivity contribution in [3.63, 3.8) is 0 Å². The van der Waals surface area contributed by atoms with Crippen LogP contribution in [0.15, 0.2) is 67.8 Å². The number of oxazole rings is 1. The molecule has 1 amide bonds. The van der Waals surface area contributed by atoms with Gasteiger partial charge in [-0.15, -0.1) is 11.3 Å². The van der Waals surface area contributed by atoms with E-state index in [-0.39, 0.29) is 19.0 Å². The Kier molecular flexibility index (Phi) is 4.69. The number of para-hydroxylation sites is 2. The Balaban J connectivity index is 1.54. The highest BCUT2D eigenvalue weighted by Crippen LogP contribution is 2.33. The molecule has 0 spiro atoms. The molecule has 6 nitrogen and oxygen atoms in total. The predicted octanol–water partition coefficient (Wildman–Crippen LogP) is 2.77. The van der Waals surface area contributed by atoms with Gasteiger partial charge in [0, 0.05) is 10.4 Å². The predicted molar refractivity (Wildman–Crippen MR) is 105 cm³/mol. The lowest BCUT2D eigenvalue weighted by atomic mass is 9.94. The summed E-state index contributed by atoms with van der Waals surface area (Å²) in [5, 5.41) is 19.6. The second-order valence-corrected chi connectivity index (χ2v) is 7.78. The van der Waals surface area contributed by atoms with E-state index in [1.807, 2.05) is 34.3 Å². The van der Waals surface area contributed by atoms with Crippen molar-refractivity contribution in [3.8, 4) is 0 Å². The monoisotopic (exact) mass is 400 g/mol. The van der Waals surface area contributed by atoms with Crippen molar-refractivity contribution >= 4 is 39.7 Å². The molecule has 0 aliphatic rings. The van der Waals surface area contributed by atoms with Crippen LogP contribution in [0.25, 0.3) is 11.1 Å². The number of amides is 1. The van der Waals surface area contributed by atoms with Crippen LogP contribution in [0.3, 0.4) is 0 Å². The van der Waals surface area contributed by atoms with Crippen molar-refractivity contribution in [1.29, 1.82) is 0 Å². The number of thiophene rings is 2. The van der Waals surface area contributed by atoms with Gasteiger partial charge >= 0.3 is 5.76 Å². The fourth-order valence-corrected chi connectivity index (χ4v) is 4.50. The summed E-state index contributed by atoms with van der Waals surface area (Å²) in [6, 6.07) is 12.5. The van der Waals surface area contributed by atoms with Crippen LogP contribution in [-0.2, 0) is 16.9 Å². The van der Waals surface area contributed by atoms with Gasteiger partial charge in [0.15, 0.2) is 5.58 Å². The van der Waals surface area contributed by atoms with Crippen LogP contribution < -0.4 is 11.1 Å². The number of hydrogen-bond acceptors (Lipinski definition) is 6. The third-order valence-corrected chi connectivity index (χ3v) is 6.05. The van der Waals surface area contributed by atoms with Crippen LogP contribution in [0.1, 0.15) is 10.4 Å². The zero-order valence-corrected chi connectivity index (χ0v) is 15.8. The van der Waals surface area contributed by atoms with Gasteiger partial charge in [-0.25, -0.2) is 4.79 Å². The minimum Gasteiger partial charge on any atom is -0.408 e. The zero-order chi connectivity index (χ0) is 18.9. The first-order chi connectivity index (χ1) is 13.1. The van der Waals surface area contributed by atoms with Crippen LogP contribution >= 0.6 is 22.7 Å². The molecule has 4 aromatic rings. The Bertz CT molecular complexity index is 1080. The topological polar surface area (TPSA) is 84.5 Å². The number of rotatable bonds is 6. The van der Waals surface area contributed by atoms with Gasteiger partial charge in [0.1, 0.15) is 12.1 Å². The SMILES string of the molecule is O=C(Cn1c(=O)oc2ccccc21)NC[C@](O)(c1ccsc1)c1cccs1. The van der Waals surface area contributed by atoms with E-state index in [2.05, 4.69) is 5.32 Å². The fraction of sp³-hybridized carbons (Fsp3) is 0.158. The van der Waals surface area contributed by atoms with E-state index < -0.39 is 11.4 Å². The molecule has 0 saturated heterocycles. The van der Waals surface area contributed by atoms with Crippen molar-refractivity contribution in [3.05, 3.63) is 79.6 Å². The molecule has 138 valence electrons. The Morgan fingerprint density at radius 3 is 2.78 bits per heavy atom. The van der Waals surface area contributed by atoms with Gasteiger partial charge < -0.3 is 14.8 Å². The summed E-state index contributed by atoms with van der Waals surface area (Å²) >= 11 is 2.90. The zero-order valence-electron chi connectivity index (χ0n) is 14.1. The van der Waals surface area contributed by atoms with E-state index in [1.165, 1.54) is 27.2 Å². The van der Waals surface area contributed by atoms with E-state index >= 15 is 0 Å². The van der Waals surface area contributed by atoms with Gasteiger partial charge in [-0.2, -0.15) is 11.3 Å². The molecule has 1 atom stereocenters. The molecule has 27 heavy (non-hydrogen) atoms. The molecular formula is C19H16N2O4S2. The lowest BCUT2D eigenvalue weighted by Crippen LogP contribution is -2.42. The summed E-state index contributed by atoms with van der Waals surface area (Å²) in [5.74, 6) is -0.966. The van der Waals surface area contributed by atoms with Crippen molar-refractivity contribution < 1.29 is 14.3 Å². The average Bonchev–Trinajstić information content (AvgIpc) is 3.42. The minimum absolute atomic E-state index is 0.00755. The number of nitrogens with zero attached hydrogens (tertiary/aromatic N) is 1. The number of aliphatic hydroxyl groups is 1. The van der Waals surface area contributed by atoms with E-state index in [4.69, 9.17) is 4.42 Å². The molecule has 0 radical (unpaired) electrons. The summed E-state index contributed by atoms with van der Waals surface area (Å²) in [4.78, 5) is 25.2. The lowest BCUT2D eigenvalue weighted by molar-refractivity contribution is -0.122. The molecular weight excluding hydrogens is 384 g/mol. The van der Waals surface area contributed by atoms with Gasteiger partial charge in [0.25, 0.3) is 0 Å². The van der Waals surface area contributed by atoms with Gasteiger partial charge in [0.2, 0.25) is 5.91 Å². The maximum Gasteiger partial charge on any atom is 0.420 e. The Morgan fingerprint density at radius 1 is 1.19 bits per heavy atom. The number of aromatic nitrogens is 1. The first kappa shape index (κ1) is 17.7. The molecule has 0 bridgehead atoms. The summed E-state index contributed by atoms with van der Waals surface area (Å²) in [6.45, 7) is -0.173. The quantitative estimate of drug-likeness (QED) is 0.521. The van der Waals surface area contributed by atoms with Gasteiger partial charge in [-0.05, 0) is 40.4 Å². The minimum atomic E-state index is -1.31. The molecule has 0 unspecified atom stereocenters. The van der Waals surface area contributed by atoms with Crippen LogP contribution in [0.2, 0.25) is 0 Å². The molecule has 3 aromatic heterocycles. The highest BCUT2D eigenvalue weighted by molar-refractivity contribution is 7.10. The summed E-state index contributed by atoms with van der Waals surface area (Å²) in [6.07, 6.45) is 0. The maximum atomic E-state index is 12.5. The molecule has 1 aromatic carbocycles. The van der Waals surface area contributed by atoms with Crippen molar-refractivity contribution in [2.24, 2.45) is 0 Å². The molecule has 8 heteroatoms. The Hall–Kier alpha value is -2.68. The maximum absolute atomic E-state index is 12.5. The Morgan fingerprint density at radius 2 is 2.04 bits per heavy atom. The van der Waals surface area contributed by atoms with E-state index in [0.717, 1.165) is 10.4 Å². The second-order valence-electron chi connectivity index (χ2n) is 6.05. The van der Waals surface area contributed by atoms with Gasteiger partial charge in [-0.1, -0.05) is 18.2 Å². The van der Waals surface area contributed by atoms with Crippen LogP contribution in [-0.4, -0.2) is 22.1 Å². The van der Waals surface area contributed by atoms with E-state index in [0.29, 0.717) is 11.1 Å². The molecule has 0 saturated carbocycles. The third kappa shape index (κ3) is 3.34. The number of carbonyl (C=O) groups excluding carboxylic acids is 1.